The second kappa shape index (κ2) is 3.89. The van der Waals surface area contributed by atoms with Crippen LogP contribution in [0.2, 0.25) is 0 Å². The molecule has 1 aliphatic carbocycles. The monoisotopic (exact) mass is 234 g/mol. The van der Waals surface area contributed by atoms with Crippen molar-refractivity contribution in [1.29, 1.82) is 0 Å². The zero-order valence-electron chi connectivity index (χ0n) is 3.16. The number of rotatable bonds is 0. The summed E-state index contributed by atoms with van der Waals surface area (Å²) in [5, 5.41) is 0. The van der Waals surface area contributed by atoms with Crippen LogP contribution in [0, 0.1) is 43.3 Å². The van der Waals surface area contributed by atoms with Gasteiger partial charge < -0.3 is 0 Å². The summed E-state index contributed by atoms with van der Waals surface area (Å²) in [5.74, 6) is 0. The molecule has 38 valence electrons. The number of allylic oxidation sites excluding steroid dienone is 4. The molecule has 0 aromatic heterocycles. The van der Waals surface area contributed by atoms with Gasteiger partial charge in [-0.25, -0.2) is 0 Å². The van der Waals surface area contributed by atoms with Crippen molar-refractivity contribution in [2.24, 2.45) is 0 Å². The standard InChI is InChI=1S/C5H5.Tm/c1-2-4-5-3-1;/h1-5H;. The Morgan fingerprint density at radius 3 is 1.33 bits per heavy atom. The quantitative estimate of drug-likeness (QED) is 0.592. The van der Waals surface area contributed by atoms with Crippen molar-refractivity contribution in [1.82, 2.24) is 0 Å². The predicted octanol–water partition coefficient (Wildman–Crippen LogP) is 1.32. The normalized spacial score (nSPS) is 14.7. The topological polar surface area (TPSA) is 0 Å². The van der Waals surface area contributed by atoms with Gasteiger partial charge in [0.2, 0.25) is 0 Å². The summed E-state index contributed by atoms with van der Waals surface area (Å²) in [6, 6.07) is 0. The van der Waals surface area contributed by atoms with Gasteiger partial charge in [-0.05, 0) is 0 Å². The van der Waals surface area contributed by atoms with Crippen LogP contribution in [0.5, 0.6) is 0 Å². The van der Waals surface area contributed by atoms with Crippen LogP contribution in [0.4, 0.5) is 0 Å². The van der Waals surface area contributed by atoms with Gasteiger partial charge in [0.05, 0.1) is 0 Å². The summed E-state index contributed by atoms with van der Waals surface area (Å²) in [7, 11) is 0. The molecular weight excluding hydrogens is 229 g/mol. The van der Waals surface area contributed by atoms with Crippen molar-refractivity contribution in [2.45, 2.75) is 0 Å². The van der Waals surface area contributed by atoms with Crippen LogP contribution in [-0.4, -0.2) is 0 Å². The second-order valence-electron chi connectivity index (χ2n) is 0.962. The Bertz CT molecular complexity index is 62.0. The summed E-state index contributed by atoms with van der Waals surface area (Å²) >= 11 is 0. The zero-order valence-corrected chi connectivity index (χ0v) is 4.94. The van der Waals surface area contributed by atoms with Crippen LogP contribution in [0.25, 0.3) is 0 Å². The van der Waals surface area contributed by atoms with E-state index in [0.717, 1.165) is 0 Å². The molecule has 0 nitrogen and oxygen atoms in total. The molecule has 0 unspecified atom stereocenters. The van der Waals surface area contributed by atoms with Crippen LogP contribution < -0.4 is 0 Å². The average Bonchev–Trinajstić information content (AvgIpc) is 1.76. The molecule has 1 heteroatoms. The third kappa shape index (κ3) is 1.99. The van der Waals surface area contributed by atoms with Crippen LogP contribution in [0.1, 0.15) is 0 Å². The predicted molar refractivity (Wildman–Crippen MR) is 22.6 cm³/mol. The molecule has 0 aromatic carbocycles. The Balaban J connectivity index is 0.000000250. The molecule has 0 spiro atoms. The molecule has 0 heterocycles. The molecule has 0 atom stereocenters. The molecule has 0 saturated heterocycles. The van der Waals surface area contributed by atoms with E-state index >= 15 is 0 Å². The molecule has 2 radical (unpaired) electrons. The minimum absolute atomic E-state index is 0. The van der Waals surface area contributed by atoms with E-state index in [1.54, 1.807) is 0 Å². The van der Waals surface area contributed by atoms with Crippen LogP contribution in [0.3, 0.4) is 0 Å². The van der Waals surface area contributed by atoms with Crippen molar-refractivity contribution in [3.05, 3.63) is 30.7 Å². The summed E-state index contributed by atoms with van der Waals surface area (Å²) in [6.07, 6.45) is 10.0. The molecule has 0 fully saturated rings. The average molecular weight is 234 g/mol. The fourth-order valence-electron chi connectivity index (χ4n) is 0.321. The van der Waals surface area contributed by atoms with Gasteiger partial charge in [0.25, 0.3) is 0 Å². The third-order valence-corrected chi connectivity index (χ3v) is 0.556. The maximum absolute atomic E-state index is 2.00. The Hall–Kier alpha value is 0.714. The van der Waals surface area contributed by atoms with E-state index in [9.17, 15) is 0 Å². The van der Waals surface area contributed by atoms with E-state index in [1.165, 1.54) is 0 Å². The fraction of sp³-hybridized carbons (Fsp3) is 0. The van der Waals surface area contributed by atoms with Gasteiger partial charge in [-0.15, -0.1) is 0 Å². The van der Waals surface area contributed by atoms with Crippen molar-refractivity contribution < 1.29 is 36.9 Å². The van der Waals surface area contributed by atoms with Gasteiger partial charge in [0.1, 0.15) is 0 Å². The minimum Gasteiger partial charge on any atom is -0.0767 e. The van der Waals surface area contributed by atoms with Gasteiger partial charge in [0, 0.05) is 43.3 Å². The molecule has 0 saturated carbocycles. The first-order chi connectivity index (χ1) is 2.50. The maximum atomic E-state index is 2.00. The van der Waals surface area contributed by atoms with Gasteiger partial charge in [0.15, 0.2) is 0 Å². The van der Waals surface area contributed by atoms with Gasteiger partial charge >= 0.3 is 0 Å². The molecule has 0 amide bonds. The smallest absolute Gasteiger partial charge is 0.00506 e. The first-order valence-corrected chi connectivity index (χ1v) is 1.67. The largest absolute Gasteiger partial charge is 0.0767 e. The van der Waals surface area contributed by atoms with E-state index in [1.807, 2.05) is 30.7 Å². The Kier molecular flexibility index (Phi) is 4.35. The second-order valence-corrected chi connectivity index (χ2v) is 0.962. The molecule has 0 aliphatic heterocycles. The van der Waals surface area contributed by atoms with Crippen molar-refractivity contribution in [3.8, 4) is 0 Å². The fourth-order valence-corrected chi connectivity index (χ4v) is 0.321. The summed E-state index contributed by atoms with van der Waals surface area (Å²) < 4.78 is 0. The van der Waals surface area contributed by atoms with E-state index in [4.69, 9.17) is 0 Å². The molecular formula is C5H5Tm. The van der Waals surface area contributed by atoms with Gasteiger partial charge in [-0.2, -0.15) is 0 Å². The number of hydrogen-bond donors (Lipinski definition) is 0. The van der Waals surface area contributed by atoms with Crippen LogP contribution in [-0.2, 0) is 0 Å². The van der Waals surface area contributed by atoms with Gasteiger partial charge in [-0.1, -0.05) is 24.3 Å². The molecule has 0 N–H and O–H groups in total. The SMILES string of the molecule is [CH]1C=CC=C1.[Tm]. The van der Waals surface area contributed by atoms with Crippen LogP contribution >= 0.6 is 0 Å². The molecule has 1 aliphatic rings. The summed E-state index contributed by atoms with van der Waals surface area (Å²) in [5.41, 5.74) is 0. The Labute approximate surface area is 67.1 Å². The molecule has 0 aromatic rings. The molecule has 6 heavy (non-hydrogen) atoms. The number of hydrogen-bond acceptors (Lipinski definition) is 0. The third-order valence-electron chi connectivity index (χ3n) is 0.556. The summed E-state index contributed by atoms with van der Waals surface area (Å²) in [4.78, 5) is 0. The van der Waals surface area contributed by atoms with E-state index in [2.05, 4.69) is 0 Å². The summed E-state index contributed by atoms with van der Waals surface area (Å²) in [6.45, 7) is 0. The zero-order chi connectivity index (χ0) is 3.54. The Morgan fingerprint density at radius 1 is 0.667 bits per heavy atom. The molecule has 0 bridgehead atoms. The van der Waals surface area contributed by atoms with E-state index < -0.39 is 0 Å². The minimum atomic E-state index is 0. The first-order valence-electron chi connectivity index (χ1n) is 1.67. The van der Waals surface area contributed by atoms with Crippen molar-refractivity contribution in [2.75, 3.05) is 0 Å². The first kappa shape index (κ1) is 6.71. The van der Waals surface area contributed by atoms with E-state index in [0.29, 0.717) is 0 Å². The van der Waals surface area contributed by atoms with Crippen molar-refractivity contribution >= 4 is 0 Å². The van der Waals surface area contributed by atoms with E-state index in [-0.39, 0.29) is 36.9 Å². The molecule has 1 rings (SSSR count). The Morgan fingerprint density at radius 2 is 1.17 bits per heavy atom. The maximum Gasteiger partial charge on any atom is 0.00506 e. The van der Waals surface area contributed by atoms with Crippen LogP contribution in [0.15, 0.2) is 24.3 Å². The van der Waals surface area contributed by atoms with Crippen molar-refractivity contribution in [3.63, 3.8) is 0 Å². The van der Waals surface area contributed by atoms with Gasteiger partial charge in [-0.3, -0.25) is 0 Å².